The molecule has 6 heteroatoms. The van der Waals surface area contributed by atoms with Crippen molar-refractivity contribution in [2.45, 2.75) is 9.79 Å². The maximum atomic E-state index is 11.7. The molecule has 0 radical (unpaired) electrons. The van der Waals surface area contributed by atoms with E-state index >= 15 is 0 Å². The Bertz CT molecular complexity index is 643. The van der Waals surface area contributed by atoms with E-state index in [2.05, 4.69) is 4.74 Å². The van der Waals surface area contributed by atoms with Gasteiger partial charge in [0.1, 0.15) is 0 Å². The minimum atomic E-state index is -0.591. The number of carbonyl (C=O) groups excluding carboxylic acids is 1. The first-order valence-electron chi connectivity index (χ1n) is 5.71. The number of benzene rings is 2. The summed E-state index contributed by atoms with van der Waals surface area (Å²) in [5.74, 6) is -0.591. The summed E-state index contributed by atoms with van der Waals surface area (Å²) in [5.41, 5.74) is 0.0540. The molecule has 0 aliphatic heterocycles. The second-order valence-electron chi connectivity index (χ2n) is 3.84. The van der Waals surface area contributed by atoms with E-state index in [0.29, 0.717) is 4.90 Å². The van der Waals surface area contributed by atoms with Crippen molar-refractivity contribution in [1.29, 1.82) is 0 Å². The molecule has 0 aliphatic rings. The van der Waals surface area contributed by atoms with E-state index in [-0.39, 0.29) is 11.3 Å². The van der Waals surface area contributed by atoms with Crippen molar-refractivity contribution in [2.75, 3.05) is 7.11 Å². The molecule has 0 fully saturated rings. The summed E-state index contributed by atoms with van der Waals surface area (Å²) < 4.78 is 4.67. The number of carbonyl (C=O) groups is 1. The fourth-order valence-electron chi connectivity index (χ4n) is 1.61. The van der Waals surface area contributed by atoms with E-state index in [1.54, 1.807) is 6.07 Å². The SMILES string of the molecule is COC(=O)c1cc([N+](=O)[O-])ccc1Sc1ccccc1. The van der Waals surface area contributed by atoms with Crippen LogP contribution in [0, 0.1) is 10.1 Å². The van der Waals surface area contributed by atoms with Gasteiger partial charge in [-0.3, -0.25) is 10.1 Å². The lowest BCUT2D eigenvalue weighted by Crippen LogP contribution is -2.04. The Morgan fingerprint density at radius 3 is 2.50 bits per heavy atom. The first kappa shape index (κ1) is 14.1. The Kier molecular flexibility index (Phi) is 4.37. The van der Waals surface area contributed by atoms with E-state index in [1.165, 1.54) is 31.0 Å². The molecule has 102 valence electrons. The molecule has 0 saturated carbocycles. The number of non-ortho nitro benzene ring substituents is 1. The number of ether oxygens (including phenoxy) is 1. The van der Waals surface area contributed by atoms with Gasteiger partial charge in [-0.2, -0.15) is 0 Å². The fourth-order valence-corrected chi connectivity index (χ4v) is 2.54. The maximum Gasteiger partial charge on any atom is 0.339 e. The van der Waals surface area contributed by atoms with Gasteiger partial charge in [0.05, 0.1) is 17.6 Å². The second-order valence-corrected chi connectivity index (χ2v) is 4.96. The molecule has 0 heterocycles. The molecule has 0 saturated heterocycles. The van der Waals surface area contributed by atoms with E-state index in [9.17, 15) is 14.9 Å². The van der Waals surface area contributed by atoms with Crippen LogP contribution in [0.25, 0.3) is 0 Å². The predicted molar refractivity (Wildman–Crippen MR) is 75.0 cm³/mol. The van der Waals surface area contributed by atoms with Crippen molar-refractivity contribution in [1.82, 2.24) is 0 Å². The molecule has 0 amide bonds. The minimum absolute atomic E-state index is 0.136. The van der Waals surface area contributed by atoms with Crippen LogP contribution in [-0.2, 0) is 4.74 Å². The van der Waals surface area contributed by atoms with Gasteiger partial charge in [0, 0.05) is 21.9 Å². The van der Waals surface area contributed by atoms with Crippen LogP contribution >= 0.6 is 11.8 Å². The molecule has 0 unspecified atom stereocenters. The Labute approximate surface area is 119 Å². The van der Waals surface area contributed by atoms with Gasteiger partial charge >= 0.3 is 5.97 Å². The zero-order valence-electron chi connectivity index (χ0n) is 10.6. The lowest BCUT2D eigenvalue weighted by molar-refractivity contribution is -0.384. The topological polar surface area (TPSA) is 69.4 Å². The summed E-state index contributed by atoms with van der Waals surface area (Å²) in [6, 6.07) is 13.6. The van der Waals surface area contributed by atoms with Crippen LogP contribution in [0.4, 0.5) is 5.69 Å². The molecule has 0 atom stereocenters. The third-order valence-electron chi connectivity index (χ3n) is 2.55. The highest BCUT2D eigenvalue weighted by Crippen LogP contribution is 2.32. The maximum absolute atomic E-state index is 11.7. The van der Waals surface area contributed by atoms with Gasteiger partial charge in [0.25, 0.3) is 5.69 Å². The standard InChI is InChI=1S/C14H11NO4S/c1-19-14(16)12-9-10(15(17)18)7-8-13(12)20-11-5-3-2-4-6-11/h2-9H,1H3. The average molecular weight is 289 g/mol. The van der Waals surface area contributed by atoms with Gasteiger partial charge in [-0.25, -0.2) is 4.79 Å². The molecule has 2 aromatic rings. The fraction of sp³-hybridized carbons (Fsp3) is 0.0714. The van der Waals surface area contributed by atoms with Gasteiger partial charge in [0.2, 0.25) is 0 Å². The molecule has 5 nitrogen and oxygen atoms in total. The first-order chi connectivity index (χ1) is 9.61. The molecule has 2 aromatic carbocycles. The highest BCUT2D eigenvalue weighted by molar-refractivity contribution is 7.99. The number of esters is 1. The number of nitro benzene ring substituents is 1. The first-order valence-corrected chi connectivity index (χ1v) is 6.53. The van der Waals surface area contributed by atoms with Crippen molar-refractivity contribution in [3.05, 3.63) is 64.2 Å². The molecule has 20 heavy (non-hydrogen) atoms. The lowest BCUT2D eigenvalue weighted by atomic mass is 10.2. The number of nitro groups is 1. The molecular formula is C14H11NO4S. The summed E-state index contributed by atoms with van der Waals surface area (Å²) in [6.07, 6.45) is 0. The Morgan fingerprint density at radius 2 is 1.90 bits per heavy atom. The van der Waals surface area contributed by atoms with Crippen molar-refractivity contribution >= 4 is 23.4 Å². The van der Waals surface area contributed by atoms with Crippen LogP contribution in [0.15, 0.2) is 58.3 Å². The van der Waals surface area contributed by atoms with Crippen LogP contribution in [0.2, 0.25) is 0 Å². The van der Waals surface area contributed by atoms with Crippen LogP contribution < -0.4 is 0 Å². The molecular weight excluding hydrogens is 278 g/mol. The zero-order chi connectivity index (χ0) is 14.5. The predicted octanol–water partition coefficient (Wildman–Crippen LogP) is 3.53. The molecule has 0 aromatic heterocycles. The van der Waals surface area contributed by atoms with E-state index < -0.39 is 10.9 Å². The van der Waals surface area contributed by atoms with Crippen molar-refractivity contribution < 1.29 is 14.5 Å². The number of nitrogens with zero attached hydrogens (tertiary/aromatic N) is 1. The summed E-state index contributed by atoms with van der Waals surface area (Å²) in [6.45, 7) is 0. The number of hydrogen-bond donors (Lipinski definition) is 0. The Hall–Kier alpha value is -2.34. The summed E-state index contributed by atoms with van der Waals surface area (Å²) in [4.78, 5) is 23.5. The molecule has 0 spiro atoms. The normalized spacial score (nSPS) is 10.1. The van der Waals surface area contributed by atoms with E-state index in [4.69, 9.17) is 0 Å². The summed E-state index contributed by atoms with van der Waals surface area (Å²) in [5, 5.41) is 10.8. The molecule has 0 aliphatic carbocycles. The third kappa shape index (κ3) is 3.16. The Morgan fingerprint density at radius 1 is 1.20 bits per heavy atom. The van der Waals surface area contributed by atoms with Crippen LogP contribution in [0.3, 0.4) is 0 Å². The highest BCUT2D eigenvalue weighted by atomic mass is 32.2. The second kappa shape index (κ2) is 6.21. The van der Waals surface area contributed by atoms with Gasteiger partial charge in [-0.15, -0.1) is 0 Å². The van der Waals surface area contributed by atoms with Crippen LogP contribution in [0.5, 0.6) is 0 Å². The minimum Gasteiger partial charge on any atom is -0.465 e. The smallest absolute Gasteiger partial charge is 0.339 e. The number of methoxy groups -OCH3 is 1. The van der Waals surface area contributed by atoms with Crippen molar-refractivity contribution in [3.8, 4) is 0 Å². The van der Waals surface area contributed by atoms with Gasteiger partial charge in [-0.1, -0.05) is 30.0 Å². The van der Waals surface area contributed by atoms with Gasteiger partial charge in [-0.05, 0) is 18.2 Å². The lowest BCUT2D eigenvalue weighted by Gasteiger charge is -2.07. The zero-order valence-corrected chi connectivity index (χ0v) is 11.4. The average Bonchev–Trinajstić information content (AvgIpc) is 2.47. The van der Waals surface area contributed by atoms with Crippen molar-refractivity contribution in [2.24, 2.45) is 0 Å². The third-order valence-corrected chi connectivity index (χ3v) is 3.63. The molecule has 0 bridgehead atoms. The van der Waals surface area contributed by atoms with Crippen LogP contribution in [-0.4, -0.2) is 18.0 Å². The largest absolute Gasteiger partial charge is 0.465 e. The quantitative estimate of drug-likeness (QED) is 0.489. The Balaban J connectivity index is 2.41. The van der Waals surface area contributed by atoms with Crippen LogP contribution in [0.1, 0.15) is 10.4 Å². The number of rotatable bonds is 4. The summed E-state index contributed by atoms with van der Waals surface area (Å²) in [7, 11) is 1.25. The number of hydrogen-bond acceptors (Lipinski definition) is 5. The van der Waals surface area contributed by atoms with Gasteiger partial charge in [0.15, 0.2) is 0 Å². The van der Waals surface area contributed by atoms with E-state index in [1.807, 2.05) is 30.3 Å². The monoisotopic (exact) mass is 289 g/mol. The van der Waals surface area contributed by atoms with Crippen molar-refractivity contribution in [3.63, 3.8) is 0 Å². The van der Waals surface area contributed by atoms with E-state index in [0.717, 1.165) is 4.90 Å². The molecule has 2 rings (SSSR count). The summed E-state index contributed by atoms with van der Waals surface area (Å²) >= 11 is 1.35. The van der Waals surface area contributed by atoms with Gasteiger partial charge < -0.3 is 4.74 Å². The molecule has 0 N–H and O–H groups in total. The highest BCUT2D eigenvalue weighted by Gasteiger charge is 2.17.